The summed E-state index contributed by atoms with van der Waals surface area (Å²) in [6.07, 6.45) is 10.3. The van der Waals surface area contributed by atoms with E-state index in [1.54, 1.807) is 69.4 Å². The normalized spacial score (nSPS) is 15.2. The standard InChI is InChI=1S/2C22H21N2O.2C22H23N2O/c2*1-12(2)18-9-19-20-15(11-24(19)10-13(18)3)6-8-16-17-7-5-14(4)23-22(17)25-21(16)20;2*1-13(2)18-11-19(24(5)12-15(18)4)20-14(3)8-9-16-17-7-6-10-23-22(17)25-21(16)20/h2*5-10,12H,11H2,1-4H3;2*6-13H,1-5H3/q4*+1/i3D3,12D;3D3;4D3,13D;4D3. The molecule has 0 radical (unpaired) electrons. The van der Waals surface area contributed by atoms with E-state index in [0.717, 1.165) is 150 Å². The molecule has 12 nitrogen and oxygen atoms in total. The average molecular weight is 1340 g/mol. The summed E-state index contributed by atoms with van der Waals surface area (Å²) in [4.78, 5) is 17.7. The molecule has 0 saturated carbocycles. The van der Waals surface area contributed by atoms with Crippen molar-refractivity contribution in [1.29, 1.82) is 0 Å². The number of fused-ring (bicyclic) bond motifs is 20. The topological polar surface area (TPSA) is 120 Å². The van der Waals surface area contributed by atoms with Crippen LogP contribution in [0.2, 0.25) is 0 Å². The van der Waals surface area contributed by atoms with Gasteiger partial charge in [0.15, 0.2) is 60.2 Å². The third-order valence-electron chi connectivity index (χ3n) is 19.7. The van der Waals surface area contributed by atoms with Gasteiger partial charge in [-0.2, -0.15) is 9.13 Å². The van der Waals surface area contributed by atoms with Crippen LogP contribution in [0.1, 0.15) is 176 Å². The van der Waals surface area contributed by atoms with Crippen molar-refractivity contribution in [2.45, 2.75) is 147 Å². The molecular weight excluding hydrogens is 1230 g/mol. The summed E-state index contributed by atoms with van der Waals surface area (Å²) in [7, 11) is 3.71. The van der Waals surface area contributed by atoms with Crippen molar-refractivity contribution < 1.29 is 55.1 Å². The summed E-state index contributed by atoms with van der Waals surface area (Å²) in [6, 6.07) is 40.0. The highest BCUT2D eigenvalue weighted by molar-refractivity contribution is 6.12. The molecule has 0 N–H and O–H groups in total. The molecule has 0 aliphatic carbocycles. The summed E-state index contributed by atoms with van der Waals surface area (Å²) in [5.74, 6) is -1.90. The monoisotopic (exact) mass is 1330 g/mol. The predicted molar refractivity (Wildman–Crippen MR) is 403 cm³/mol. The molecule has 0 atom stereocenters. The summed E-state index contributed by atoms with van der Waals surface area (Å²) < 4.78 is 145. The Morgan fingerprint density at radius 2 is 0.710 bits per heavy atom. The molecule has 2 aliphatic rings. The van der Waals surface area contributed by atoms with Gasteiger partial charge in [0, 0.05) is 144 Å². The second-order valence-electron chi connectivity index (χ2n) is 27.8. The van der Waals surface area contributed by atoms with Crippen LogP contribution in [0.3, 0.4) is 0 Å². The van der Waals surface area contributed by atoms with Crippen LogP contribution in [0.4, 0.5) is 0 Å². The van der Waals surface area contributed by atoms with E-state index in [2.05, 4.69) is 56.3 Å². The van der Waals surface area contributed by atoms with Gasteiger partial charge in [0.05, 0.1) is 22.3 Å². The maximum absolute atomic E-state index is 8.54. The second-order valence-corrected chi connectivity index (χ2v) is 27.8. The van der Waals surface area contributed by atoms with E-state index in [1.807, 2.05) is 168 Å². The first-order valence-corrected chi connectivity index (χ1v) is 33.9. The molecule has 0 amide bonds. The van der Waals surface area contributed by atoms with Crippen LogP contribution in [-0.4, -0.2) is 19.9 Å². The van der Waals surface area contributed by atoms with Crippen LogP contribution in [0.25, 0.3) is 133 Å². The van der Waals surface area contributed by atoms with Gasteiger partial charge in [-0.25, -0.2) is 29.1 Å². The molecule has 14 heterocycles. The van der Waals surface area contributed by atoms with Crippen LogP contribution in [0, 0.1) is 55.1 Å². The van der Waals surface area contributed by atoms with Crippen LogP contribution in [0.15, 0.2) is 176 Å². The fourth-order valence-corrected chi connectivity index (χ4v) is 14.6. The third-order valence-corrected chi connectivity index (χ3v) is 19.7. The molecule has 0 unspecified atom stereocenters. The van der Waals surface area contributed by atoms with Crippen LogP contribution >= 0.6 is 0 Å². The lowest BCUT2D eigenvalue weighted by atomic mass is 9.94. The number of aromatic nitrogens is 8. The third kappa shape index (κ3) is 11.2. The SMILES string of the molecule is [2H]C([2H])([2H])c1c[n+](C)c(-c2c(C)ccc3c2oc2ncccc23)cc1C(C)C.[2H]C([2H])([2H])c1c[n+](C)c(-c2c(C)ccc3c2oc2ncccc23)cc1C([2H])(C)C.[2H]C([2H])([2H])c1c[n+]2c(cc1C(C)C)-c1c(ccc3c1oc1nc(C)ccc13)C2.[2H]C([2H])([2H])c1c[n+]2c(cc1C([2H])(C)C)-c1c(ccc3c1oc1nc(C)ccc13)C2. The molecule has 0 spiro atoms. The number of hydrogen-bond donors (Lipinski definition) is 0. The molecule has 2 aliphatic heterocycles. The number of pyridine rings is 8. The van der Waals surface area contributed by atoms with Crippen LogP contribution in [-0.2, 0) is 27.2 Å². The van der Waals surface area contributed by atoms with E-state index in [9.17, 15) is 0 Å². The largest absolute Gasteiger partial charge is 0.437 e. The Morgan fingerprint density at radius 3 is 1.13 bits per heavy atom. The molecule has 0 fully saturated rings. The summed E-state index contributed by atoms with van der Waals surface area (Å²) >= 11 is 0. The zero-order chi connectivity index (χ0) is 81.9. The van der Waals surface area contributed by atoms with Gasteiger partial charge in [0.2, 0.25) is 45.6 Å². The fraction of sp³-hybridized carbons (Fsp3) is 0.273. The van der Waals surface area contributed by atoms with E-state index < -0.39 is 39.2 Å². The van der Waals surface area contributed by atoms with E-state index in [1.165, 1.54) is 0 Å². The lowest BCUT2D eigenvalue weighted by Crippen LogP contribution is -2.32. The lowest BCUT2D eigenvalue weighted by molar-refractivity contribution is -0.672. The Balaban J connectivity index is 0.000000120. The van der Waals surface area contributed by atoms with Gasteiger partial charge in [-0.05, 0) is 173 Å². The molecule has 18 rings (SSSR count). The molecule has 100 heavy (non-hydrogen) atoms. The van der Waals surface area contributed by atoms with E-state index in [0.29, 0.717) is 63.8 Å². The van der Waals surface area contributed by atoms with Crippen LogP contribution in [0.5, 0.6) is 0 Å². The Labute approximate surface area is 603 Å². The average Bonchev–Trinajstić information content (AvgIpc) is 1.58. The number of rotatable bonds is 6. The molecule has 12 heteroatoms. The highest BCUT2D eigenvalue weighted by atomic mass is 16.4. The molecular formula is C88H88N8O4+4. The zero-order valence-electron chi connectivity index (χ0n) is 72.8. The first-order chi connectivity index (χ1) is 53.4. The van der Waals surface area contributed by atoms with Crippen molar-refractivity contribution >= 4 is 88.3 Å². The maximum atomic E-state index is 8.54. The van der Waals surface area contributed by atoms with Crippen molar-refractivity contribution in [2.75, 3.05) is 0 Å². The number of aryl methyl sites for hydroxylation is 10. The Kier molecular flexibility index (Phi) is 12.8. The molecule has 500 valence electrons. The summed E-state index contributed by atoms with van der Waals surface area (Å²) in [6.45, 7) is 15.3. The Bertz CT molecular complexity index is 6620. The predicted octanol–water partition coefficient (Wildman–Crippen LogP) is 20.5. The first kappa shape index (κ1) is 50.6. The number of furan rings is 4. The number of nitrogens with zero attached hydrogens (tertiary/aromatic N) is 8. The summed E-state index contributed by atoms with van der Waals surface area (Å²) in [5, 5.41) is 7.88. The molecule has 0 saturated heterocycles. The van der Waals surface area contributed by atoms with Crippen molar-refractivity contribution in [3.63, 3.8) is 0 Å². The van der Waals surface area contributed by atoms with Gasteiger partial charge in [-0.1, -0.05) is 91.8 Å². The van der Waals surface area contributed by atoms with Crippen molar-refractivity contribution in [3.05, 3.63) is 237 Å². The molecule has 12 aromatic heterocycles. The highest BCUT2D eigenvalue weighted by Gasteiger charge is 2.35. The quantitative estimate of drug-likeness (QED) is 0.151. The summed E-state index contributed by atoms with van der Waals surface area (Å²) in [5.41, 5.74) is 23.0. The fourth-order valence-electron chi connectivity index (χ4n) is 14.6. The van der Waals surface area contributed by atoms with Gasteiger partial charge in [-0.3, -0.25) is 0 Å². The van der Waals surface area contributed by atoms with Gasteiger partial charge in [0.25, 0.3) is 0 Å². The van der Waals surface area contributed by atoms with Crippen molar-refractivity contribution in [1.82, 2.24) is 19.9 Å². The first-order valence-electron chi connectivity index (χ1n) is 40.9. The number of hydrogen-bond acceptors (Lipinski definition) is 8. The minimum Gasteiger partial charge on any atom is -0.437 e. The van der Waals surface area contributed by atoms with Crippen molar-refractivity contribution in [3.8, 4) is 45.0 Å². The van der Waals surface area contributed by atoms with Crippen molar-refractivity contribution in [2.24, 2.45) is 14.1 Å². The van der Waals surface area contributed by atoms with E-state index in [4.69, 9.17) is 36.9 Å². The Hall–Kier alpha value is -10.7. The minimum atomic E-state index is -2.30. The van der Waals surface area contributed by atoms with Gasteiger partial charge < -0.3 is 17.7 Å². The number of benzene rings is 4. The molecule has 16 aromatic rings. The van der Waals surface area contributed by atoms with E-state index >= 15 is 0 Å². The van der Waals surface area contributed by atoms with E-state index in [-0.39, 0.29) is 23.0 Å². The van der Waals surface area contributed by atoms with Gasteiger partial charge >= 0.3 is 0 Å². The molecule has 4 aromatic carbocycles. The van der Waals surface area contributed by atoms with Crippen LogP contribution < -0.4 is 18.3 Å². The highest BCUT2D eigenvalue weighted by Crippen LogP contribution is 2.44. The molecule has 0 bridgehead atoms. The van der Waals surface area contributed by atoms with Gasteiger partial charge in [0.1, 0.15) is 14.1 Å². The smallest absolute Gasteiger partial charge is 0.227 e. The minimum absolute atomic E-state index is 0.0900. The Morgan fingerprint density at radius 1 is 0.370 bits per heavy atom. The lowest BCUT2D eigenvalue weighted by Gasteiger charge is -2.12. The maximum Gasteiger partial charge on any atom is 0.227 e. The zero-order valence-corrected chi connectivity index (χ0v) is 58.8. The second kappa shape index (κ2) is 25.2. The van der Waals surface area contributed by atoms with Gasteiger partial charge in [-0.15, -0.1) is 0 Å².